The van der Waals surface area contributed by atoms with E-state index in [2.05, 4.69) is 61.9 Å². The fourth-order valence-corrected chi connectivity index (χ4v) is 3.77. The van der Waals surface area contributed by atoms with Crippen LogP contribution in [0.1, 0.15) is 11.3 Å². The molecule has 2 aromatic heterocycles. The van der Waals surface area contributed by atoms with Crippen molar-refractivity contribution in [3.05, 3.63) is 60.0 Å². The Bertz CT molecular complexity index is 1000. The zero-order valence-electron chi connectivity index (χ0n) is 17.3. The highest BCUT2D eigenvalue weighted by atomic mass is 16.5. The van der Waals surface area contributed by atoms with E-state index in [1.807, 2.05) is 25.4 Å². The van der Waals surface area contributed by atoms with Gasteiger partial charge in [0.2, 0.25) is 0 Å². The Labute approximate surface area is 171 Å². The van der Waals surface area contributed by atoms with Crippen molar-refractivity contribution in [2.75, 3.05) is 45.2 Å². The molecule has 7 heteroatoms. The first-order chi connectivity index (χ1) is 14.2. The number of fused-ring (bicyclic) bond motifs is 1. The topological polar surface area (TPSA) is 57.4 Å². The number of benzene rings is 1. The standard InChI is InChI=1S/C22H28N6O/c1-17-8-9-28-16-18(25-21(28)14-17)15-24-22(23-2)27-12-10-26(11-13-27)19-6-4-5-7-20(19)29-3/h4-9,14,16H,10-13,15H2,1-3H3,(H,23,24). The van der Waals surface area contributed by atoms with Crippen molar-refractivity contribution in [1.82, 2.24) is 19.6 Å². The van der Waals surface area contributed by atoms with E-state index in [-0.39, 0.29) is 0 Å². The van der Waals surface area contributed by atoms with E-state index >= 15 is 0 Å². The number of ether oxygens (including phenoxy) is 1. The molecular weight excluding hydrogens is 364 g/mol. The van der Waals surface area contributed by atoms with Gasteiger partial charge in [-0.25, -0.2) is 4.98 Å². The van der Waals surface area contributed by atoms with Crippen molar-refractivity contribution in [2.45, 2.75) is 13.5 Å². The van der Waals surface area contributed by atoms with Crippen LogP contribution in [-0.4, -0.2) is 60.6 Å². The molecule has 3 heterocycles. The highest BCUT2D eigenvalue weighted by molar-refractivity contribution is 5.80. The van der Waals surface area contributed by atoms with Crippen LogP contribution in [0.25, 0.3) is 5.65 Å². The number of pyridine rings is 1. The highest BCUT2D eigenvalue weighted by Gasteiger charge is 2.21. The number of aliphatic imine (C=N–C) groups is 1. The number of piperazine rings is 1. The normalized spacial score (nSPS) is 15.1. The molecule has 0 unspecified atom stereocenters. The van der Waals surface area contributed by atoms with E-state index in [9.17, 15) is 0 Å². The molecule has 0 atom stereocenters. The lowest BCUT2D eigenvalue weighted by Crippen LogP contribution is -2.52. The zero-order chi connectivity index (χ0) is 20.2. The van der Waals surface area contributed by atoms with Crippen LogP contribution in [0.4, 0.5) is 5.69 Å². The van der Waals surface area contributed by atoms with E-state index in [4.69, 9.17) is 9.72 Å². The van der Waals surface area contributed by atoms with E-state index in [0.29, 0.717) is 6.54 Å². The fraction of sp³-hybridized carbons (Fsp3) is 0.364. The first kappa shape index (κ1) is 19.1. The van der Waals surface area contributed by atoms with Crippen molar-refractivity contribution in [3.8, 4) is 5.75 Å². The van der Waals surface area contributed by atoms with Crippen molar-refractivity contribution < 1.29 is 4.74 Å². The van der Waals surface area contributed by atoms with Gasteiger partial charge in [-0.05, 0) is 36.8 Å². The Kier molecular flexibility index (Phi) is 5.55. The third-order valence-electron chi connectivity index (χ3n) is 5.31. The van der Waals surface area contributed by atoms with Gasteiger partial charge in [0.05, 0.1) is 25.0 Å². The third-order valence-corrected chi connectivity index (χ3v) is 5.31. The maximum absolute atomic E-state index is 5.51. The van der Waals surface area contributed by atoms with E-state index in [1.54, 1.807) is 7.11 Å². The number of rotatable bonds is 4. The number of anilines is 1. The number of hydrogen-bond donors (Lipinski definition) is 1. The van der Waals surface area contributed by atoms with Gasteiger partial charge in [-0.3, -0.25) is 4.99 Å². The minimum Gasteiger partial charge on any atom is -0.495 e. The molecule has 4 rings (SSSR count). The molecular formula is C22H28N6O. The van der Waals surface area contributed by atoms with E-state index < -0.39 is 0 Å². The number of hydrogen-bond acceptors (Lipinski definition) is 4. The highest BCUT2D eigenvalue weighted by Crippen LogP contribution is 2.28. The molecule has 0 radical (unpaired) electrons. The number of aromatic nitrogens is 2. The minimum atomic E-state index is 0.653. The summed E-state index contributed by atoms with van der Waals surface area (Å²) in [5.41, 5.74) is 4.34. The van der Waals surface area contributed by atoms with Crippen molar-refractivity contribution in [2.24, 2.45) is 4.99 Å². The molecule has 0 amide bonds. The molecule has 7 nitrogen and oxygen atoms in total. The zero-order valence-corrected chi connectivity index (χ0v) is 17.3. The number of methoxy groups -OCH3 is 1. The monoisotopic (exact) mass is 392 g/mol. The molecule has 0 bridgehead atoms. The number of nitrogens with zero attached hydrogens (tertiary/aromatic N) is 5. The van der Waals surface area contributed by atoms with Crippen LogP contribution >= 0.6 is 0 Å². The Morgan fingerprint density at radius 2 is 1.97 bits per heavy atom. The molecule has 1 saturated heterocycles. The second-order valence-electron chi connectivity index (χ2n) is 7.25. The number of aryl methyl sites for hydroxylation is 1. The molecule has 1 aliphatic rings. The average molecular weight is 393 g/mol. The second-order valence-corrected chi connectivity index (χ2v) is 7.25. The van der Waals surface area contributed by atoms with Crippen molar-refractivity contribution >= 4 is 17.3 Å². The Balaban J connectivity index is 1.36. The molecule has 1 aromatic carbocycles. The van der Waals surface area contributed by atoms with Crippen molar-refractivity contribution in [1.29, 1.82) is 0 Å². The van der Waals surface area contributed by atoms with Gasteiger partial charge in [-0.1, -0.05) is 12.1 Å². The molecule has 3 aromatic rings. The Morgan fingerprint density at radius 3 is 2.72 bits per heavy atom. The maximum atomic E-state index is 5.51. The van der Waals surface area contributed by atoms with Gasteiger partial charge in [0.1, 0.15) is 11.4 Å². The predicted octanol–water partition coefficient (Wildman–Crippen LogP) is 2.55. The summed E-state index contributed by atoms with van der Waals surface area (Å²) in [6.07, 6.45) is 4.11. The number of guanidine groups is 1. The molecule has 1 aliphatic heterocycles. The van der Waals surface area contributed by atoms with Gasteiger partial charge in [0, 0.05) is 45.6 Å². The summed E-state index contributed by atoms with van der Waals surface area (Å²) >= 11 is 0. The summed E-state index contributed by atoms with van der Waals surface area (Å²) in [4.78, 5) is 13.8. The molecule has 1 fully saturated rings. The van der Waals surface area contributed by atoms with Gasteiger partial charge in [-0.15, -0.1) is 0 Å². The van der Waals surface area contributed by atoms with E-state index in [0.717, 1.165) is 54.9 Å². The van der Waals surface area contributed by atoms with Crippen LogP contribution in [0.5, 0.6) is 5.75 Å². The molecule has 0 spiro atoms. The minimum absolute atomic E-state index is 0.653. The maximum Gasteiger partial charge on any atom is 0.194 e. The summed E-state index contributed by atoms with van der Waals surface area (Å²) in [6, 6.07) is 12.4. The Morgan fingerprint density at radius 1 is 1.17 bits per heavy atom. The quantitative estimate of drug-likeness (QED) is 0.546. The summed E-state index contributed by atoms with van der Waals surface area (Å²) in [5.74, 6) is 1.84. The molecule has 0 saturated carbocycles. The summed E-state index contributed by atoms with van der Waals surface area (Å²) in [7, 11) is 3.56. The van der Waals surface area contributed by atoms with Gasteiger partial charge < -0.3 is 24.3 Å². The Hall–Kier alpha value is -3.22. The van der Waals surface area contributed by atoms with Gasteiger partial charge in [0.25, 0.3) is 0 Å². The molecule has 29 heavy (non-hydrogen) atoms. The molecule has 1 N–H and O–H groups in total. The van der Waals surface area contributed by atoms with Crippen LogP contribution in [0.2, 0.25) is 0 Å². The van der Waals surface area contributed by atoms with Crippen LogP contribution < -0.4 is 15.0 Å². The lowest BCUT2D eigenvalue weighted by atomic mass is 10.2. The predicted molar refractivity (Wildman–Crippen MR) is 117 cm³/mol. The first-order valence-electron chi connectivity index (χ1n) is 9.96. The number of nitrogens with one attached hydrogen (secondary N) is 1. The van der Waals surface area contributed by atoms with Crippen LogP contribution in [0.3, 0.4) is 0 Å². The second kappa shape index (κ2) is 8.43. The summed E-state index contributed by atoms with van der Waals surface area (Å²) in [5, 5.41) is 3.47. The third kappa shape index (κ3) is 4.13. The molecule has 0 aliphatic carbocycles. The fourth-order valence-electron chi connectivity index (χ4n) is 3.77. The van der Waals surface area contributed by atoms with Crippen LogP contribution in [0.15, 0.2) is 53.8 Å². The SMILES string of the molecule is CN=C(NCc1cn2ccc(C)cc2n1)N1CCN(c2ccccc2OC)CC1. The molecule has 152 valence electrons. The van der Waals surface area contributed by atoms with Crippen LogP contribution in [-0.2, 0) is 6.54 Å². The van der Waals surface area contributed by atoms with Crippen molar-refractivity contribution in [3.63, 3.8) is 0 Å². The van der Waals surface area contributed by atoms with Crippen LogP contribution in [0, 0.1) is 6.92 Å². The van der Waals surface area contributed by atoms with E-state index in [1.165, 1.54) is 5.56 Å². The number of imidazole rings is 1. The lowest BCUT2D eigenvalue weighted by molar-refractivity contribution is 0.367. The number of para-hydroxylation sites is 2. The summed E-state index contributed by atoms with van der Waals surface area (Å²) in [6.45, 7) is 6.40. The van der Waals surface area contributed by atoms with Gasteiger partial charge in [-0.2, -0.15) is 0 Å². The largest absolute Gasteiger partial charge is 0.495 e. The first-order valence-corrected chi connectivity index (χ1v) is 9.96. The smallest absolute Gasteiger partial charge is 0.194 e. The van der Waals surface area contributed by atoms with Gasteiger partial charge in [0.15, 0.2) is 5.96 Å². The average Bonchev–Trinajstić information content (AvgIpc) is 3.16. The summed E-state index contributed by atoms with van der Waals surface area (Å²) < 4.78 is 7.57. The lowest BCUT2D eigenvalue weighted by Gasteiger charge is -2.38. The van der Waals surface area contributed by atoms with Gasteiger partial charge >= 0.3 is 0 Å².